The maximum absolute atomic E-state index is 12.9. The molecule has 0 unspecified atom stereocenters. The largest absolute Gasteiger partial charge is 0.332 e. The van der Waals surface area contributed by atoms with Crippen molar-refractivity contribution in [1.29, 1.82) is 0 Å². The van der Waals surface area contributed by atoms with E-state index in [0.717, 1.165) is 41.3 Å². The van der Waals surface area contributed by atoms with E-state index in [1.807, 2.05) is 77.7 Å². The Bertz CT molecular complexity index is 1040. The number of benzene rings is 3. The highest BCUT2D eigenvalue weighted by molar-refractivity contribution is 8.00. The van der Waals surface area contributed by atoms with Crippen molar-refractivity contribution < 1.29 is 4.79 Å². The number of aryl methyl sites for hydroxylation is 1. The number of anilines is 3. The monoisotopic (exact) mass is 433 g/mol. The molecule has 152 valence electrons. The highest BCUT2D eigenvalue weighted by Crippen LogP contribution is 2.28. The molecule has 1 amide bonds. The third kappa shape index (κ3) is 5.20. The van der Waals surface area contributed by atoms with Crippen LogP contribution in [0.5, 0.6) is 0 Å². The normalized spacial score (nSPS) is 12.7. The van der Waals surface area contributed by atoms with Crippen LogP contribution in [0.2, 0.25) is 0 Å². The molecule has 6 heteroatoms. The number of nitrogens with one attached hydrogen (secondary N) is 2. The number of rotatable bonds is 5. The molecule has 0 atom stereocenters. The number of hydrogen-bond acceptors (Lipinski definition) is 3. The van der Waals surface area contributed by atoms with Crippen LogP contribution in [0.4, 0.5) is 17.1 Å². The van der Waals surface area contributed by atoms with E-state index in [1.165, 1.54) is 5.56 Å². The molecule has 1 heterocycles. The van der Waals surface area contributed by atoms with E-state index in [-0.39, 0.29) is 5.91 Å². The third-order valence-electron chi connectivity index (χ3n) is 4.90. The van der Waals surface area contributed by atoms with Crippen LogP contribution in [0.3, 0.4) is 0 Å². The summed E-state index contributed by atoms with van der Waals surface area (Å²) in [6.07, 6.45) is 2.05. The maximum Gasteiger partial charge on any atom is 0.237 e. The Morgan fingerprint density at radius 2 is 1.67 bits per heavy atom. The Morgan fingerprint density at radius 1 is 0.933 bits per heavy atom. The van der Waals surface area contributed by atoms with Crippen molar-refractivity contribution in [3.63, 3.8) is 0 Å². The Balaban J connectivity index is 1.35. The van der Waals surface area contributed by atoms with Gasteiger partial charge in [-0.2, -0.15) is 0 Å². The summed E-state index contributed by atoms with van der Waals surface area (Å²) in [5.74, 6) is 0.552. The highest BCUT2D eigenvalue weighted by Gasteiger charge is 2.21. The lowest BCUT2D eigenvalue weighted by molar-refractivity contribution is -0.116. The Labute approximate surface area is 186 Å². The first kappa shape index (κ1) is 20.4. The summed E-state index contributed by atoms with van der Waals surface area (Å²) >= 11 is 6.95. The molecule has 1 aliphatic rings. The van der Waals surface area contributed by atoms with E-state index in [9.17, 15) is 4.79 Å². The van der Waals surface area contributed by atoms with Crippen molar-refractivity contribution in [2.24, 2.45) is 0 Å². The number of amides is 1. The lowest BCUT2D eigenvalue weighted by Gasteiger charge is -2.29. The molecule has 0 aliphatic carbocycles. The second kappa shape index (κ2) is 9.78. The van der Waals surface area contributed by atoms with E-state index in [0.29, 0.717) is 10.9 Å². The van der Waals surface area contributed by atoms with Crippen molar-refractivity contribution in [3.05, 3.63) is 84.4 Å². The smallest absolute Gasteiger partial charge is 0.237 e. The zero-order valence-corrected chi connectivity index (χ0v) is 18.1. The minimum absolute atomic E-state index is 0.145. The van der Waals surface area contributed by atoms with Gasteiger partial charge in [0.05, 0.1) is 5.75 Å². The molecular weight excluding hydrogens is 410 g/mol. The van der Waals surface area contributed by atoms with Gasteiger partial charge < -0.3 is 15.5 Å². The number of hydrogen-bond donors (Lipinski definition) is 2. The number of carbonyl (C=O) groups is 1. The fraction of sp³-hybridized carbons (Fsp3) is 0.167. The van der Waals surface area contributed by atoms with Gasteiger partial charge in [-0.05, 0) is 67.0 Å². The van der Waals surface area contributed by atoms with Gasteiger partial charge in [-0.1, -0.05) is 42.5 Å². The van der Waals surface area contributed by atoms with Crippen LogP contribution >= 0.6 is 24.0 Å². The topological polar surface area (TPSA) is 44.4 Å². The molecule has 4 nitrogen and oxygen atoms in total. The van der Waals surface area contributed by atoms with Crippen LogP contribution in [-0.4, -0.2) is 23.3 Å². The number of thioether (sulfide) groups is 1. The predicted octanol–water partition coefficient (Wildman–Crippen LogP) is 5.57. The third-order valence-corrected chi connectivity index (χ3v) is 6.08. The zero-order chi connectivity index (χ0) is 20.8. The van der Waals surface area contributed by atoms with Crippen LogP contribution in [0.15, 0.2) is 83.8 Å². The molecule has 3 aromatic rings. The number of carbonyl (C=O) groups excluding carboxylic acids is 1. The van der Waals surface area contributed by atoms with Gasteiger partial charge in [0.25, 0.3) is 0 Å². The second-order valence-corrected chi connectivity index (χ2v) is 8.50. The van der Waals surface area contributed by atoms with Gasteiger partial charge in [0.1, 0.15) is 0 Å². The molecule has 0 fully saturated rings. The summed E-state index contributed by atoms with van der Waals surface area (Å²) in [5.41, 5.74) is 4.15. The molecule has 0 spiro atoms. The summed E-state index contributed by atoms with van der Waals surface area (Å²) in [6, 6.07) is 26.0. The van der Waals surface area contributed by atoms with Crippen LogP contribution in [0.1, 0.15) is 12.0 Å². The first-order valence-corrected chi connectivity index (χ1v) is 11.3. The molecule has 0 radical (unpaired) electrons. The number of nitrogens with zero attached hydrogens (tertiary/aromatic N) is 1. The second-order valence-electron chi connectivity index (χ2n) is 7.04. The Morgan fingerprint density at radius 3 is 2.53 bits per heavy atom. The molecular formula is C24H23N3OS2. The van der Waals surface area contributed by atoms with E-state index >= 15 is 0 Å². The van der Waals surface area contributed by atoms with Gasteiger partial charge in [0.15, 0.2) is 5.11 Å². The molecule has 0 aromatic heterocycles. The predicted molar refractivity (Wildman–Crippen MR) is 131 cm³/mol. The summed E-state index contributed by atoms with van der Waals surface area (Å²) in [6.45, 7) is 0.789. The van der Waals surface area contributed by atoms with Gasteiger partial charge in [0, 0.05) is 28.5 Å². The summed E-state index contributed by atoms with van der Waals surface area (Å²) in [4.78, 5) is 15.8. The fourth-order valence-corrected chi connectivity index (χ4v) is 4.56. The van der Waals surface area contributed by atoms with Gasteiger partial charge in [0.2, 0.25) is 5.91 Å². The van der Waals surface area contributed by atoms with Crippen molar-refractivity contribution in [3.8, 4) is 0 Å². The first-order chi connectivity index (χ1) is 14.7. The zero-order valence-electron chi connectivity index (χ0n) is 16.5. The van der Waals surface area contributed by atoms with Crippen molar-refractivity contribution in [2.45, 2.75) is 17.7 Å². The van der Waals surface area contributed by atoms with Crippen molar-refractivity contribution in [2.75, 3.05) is 27.8 Å². The molecule has 0 saturated carbocycles. The maximum atomic E-state index is 12.9. The van der Waals surface area contributed by atoms with Crippen molar-refractivity contribution in [1.82, 2.24) is 0 Å². The number of thiocarbonyl (C=S) groups is 1. The minimum atomic E-state index is 0.145. The average molecular weight is 434 g/mol. The van der Waals surface area contributed by atoms with Gasteiger partial charge in [-0.15, -0.1) is 11.8 Å². The average Bonchev–Trinajstić information content (AvgIpc) is 2.78. The quantitative estimate of drug-likeness (QED) is 0.407. The van der Waals surface area contributed by atoms with Crippen LogP contribution in [0, 0.1) is 0 Å². The van der Waals surface area contributed by atoms with E-state index in [2.05, 4.69) is 16.7 Å². The molecule has 4 rings (SSSR count). The van der Waals surface area contributed by atoms with Gasteiger partial charge in [-0.25, -0.2) is 0 Å². The molecule has 2 N–H and O–H groups in total. The van der Waals surface area contributed by atoms with Gasteiger partial charge >= 0.3 is 0 Å². The Kier molecular flexibility index (Phi) is 6.67. The summed E-state index contributed by atoms with van der Waals surface area (Å²) < 4.78 is 0. The Hall–Kier alpha value is -2.83. The molecule has 0 saturated heterocycles. The molecule has 1 aliphatic heterocycles. The minimum Gasteiger partial charge on any atom is -0.332 e. The van der Waals surface area contributed by atoms with E-state index in [4.69, 9.17) is 12.2 Å². The van der Waals surface area contributed by atoms with Crippen molar-refractivity contribution >= 4 is 52.1 Å². The molecule has 3 aromatic carbocycles. The van der Waals surface area contributed by atoms with Crippen LogP contribution in [0.25, 0.3) is 0 Å². The summed E-state index contributed by atoms with van der Waals surface area (Å²) in [5, 5.41) is 6.90. The number of fused-ring (bicyclic) bond motifs is 1. The van der Waals surface area contributed by atoms with Crippen LogP contribution in [-0.2, 0) is 11.2 Å². The SMILES string of the molecule is O=C(CSc1cccc(NC(=S)Nc2ccccc2)c1)N1CCCc2ccccc21. The van der Waals surface area contributed by atoms with E-state index in [1.54, 1.807) is 11.8 Å². The van der Waals surface area contributed by atoms with E-state index < -0.39 is 0 Å². The van der Waals surface area contributed by atoms with Crippen LogP contribution < -0.4 is 15.5 Å². The van der Waals surface area contributed by atoms with Gasteiger partial charge in [-0.3, -0.25) is 4.79 Å². The fourth-order valence-electron chi connectivity index (χ4n) is 3.49. The lowest BCUT2D eigenvalue weighted by atomic mass is 10.0. The first-order valence-electron chi connectivity index (χ1n) is 9.93. The molecule has 0 bridgehead atoms. The number of para-hydroxylation sites is 2. The summed E-state index contributed by atoms with van der Waals surface area (Å²) in [7, 11) is 0. The lowest BCUT2D eigenvalue weighted by Crippen LogP contribution is -2.36. The molecule has 30 heavy (non-hydrogen) atoms. The standard InChI is InChI=1S/C24H23N3OS2/c28-23(27-15-7-9-18-8-4-5-14-22(18)27)17-30-21-13-6-12-20(16-21)26-24(29)25-19-10-2-1-3-11-19/h1-6,8,10-14,16H,7,9,15,17H2,(H2,25,26,29). The highest BCUT2D eigenvalue weighted by atomic mass is 32.2.